The molecular formula is C14H10ClO. The lowest BCUT2D eigenvalue weighted by molar-refractivity contribution is 0.562. The van der Waals surface area contributed by atoms with E-state index in [1.54, 1.807) is 6.07 Å². The molecule has 0 spiro atoms. The van der Waals surface area contributed by atoms with Crippen LogP contribution in [0.5, 0.6) is 0 Å². The Hall–Kier alpha value is -1.60. The van der Waals surface area contributed by atoms with Gasteiger partial charge in [0.25, 0.3) is 0 Å². The van der Waals surface area contributed by atoms with Crippen LogP contribution in [0.3, 0.4) is 0 Å². The van der Waals surface area contributed by atoms with Crippen LogP contribution < -0.4 is 0 Å². The zero-order valence-electron chi connectivity index (χ0n) is 8.83. The van der Waals surface area contributed by atoms with Crippen molar-refractivity contribution in [3.63, 3.8) is 0 Å². The quantitative estimate of drug-likeness (QED) is 0.766. The molecule has 0 fully saturated rings. The zero-order chi connectivity index (χ0) is 11.5. The molecule has 0 bridgehead atoms. The first-order valence-corrected chi connectivity index (χ1v) is 5.34. The van der Waals surface area contributed by atoms with Gasteiger partial charge in [-0.1, -0.05) is 41.9 Å². The average molecular weight is 230 g/mol. The lowest BCUT2D eigenvalue weighted by Gasteiger charge is -2.07. The summed E-state index contributed by atoms with van der Waals surface area (Å²) in [4.78, 5) is 10.6. The van der Waals surface area contributed by atoms with Crippen LogP contribution in [0, 0.1) is 6.92 Å². The molecule has 79 valence electrons. The van der Waals surface area contributed by atoms with E-state index in [4.69, 9.17) is 11.6 Å². The Morgan fingerprint density at radius 3 is 2.44 bits per heavy atom. The molecule has 2 heteroatoms. The van der Waals surface area contributed by atoms with Crippen molar-refractivity contribution in [2.75, 3.05) is 0 Å². The maximum absolute atomic E-state index is 10.6. The van der Waals surface area contributed by atoms with Crippen molar-refractivity contribution in [1.82, 2.24) is 0 Å². The Bertz CT molecular complexity index is 518. The summed E-state index contributed by atoms with van der Waals surface area (Å²) in [7, 11) is 0. The van der Waals surface area contributed by atoms with Gasteiger partial charge in [-0.25, -0.2) is 0 Å². The minimum atomic E-state index is 0.518. The molecule has 0 aliphatic heterocycles. The van der Waals surface area contributed by atoms with Crippen LogP contribution in [-0.4, -0.2) is 6.29 Å². The number of hydrogen-bond acceptors (Lipinski definition) is 1. The van der Waals surface area contributed by atoms with Crippen LogP contribution in [0.15, 0.2) is 42.5 Å². The second-order valence-corrected chi connectivity index (χ2v) is 4.02. The van der Waals surface area contributed by atoms with Gasteiger partial charge in [-0.15, -0.1) is 0 Å². The van der Waals surface area contributed by atoms with Gasteiger partial charge in [-0.05, 0) is 30.2 Å². The normalized spacial score (nSPS) is 10.1. The lowest BCUT2D eigenvalue weighted by Crippen LogP contribution is -1.89. The number of aryl methyl sites for hydroxylation is 1. The van der Waals surface area contributed by atoms with Gasteiger partial charge in [0, 0.05) is 16.1 Å². The molecule has 0 atom stereocenters. The van der Waals surface area contributed by atoms with Crippen molar-refractivity contribution in [1.29, 1.82) is 0 Å². The molecule has 0 aliphatic carbocycles. The Kier molecular flexibility index (Phi) is 3.07. The van der Waals surface area contributed by atoms with E-state index in [1.807, 2.05) is 49.6 Å². The van der Waals surface area contributed by atoms with Crippen LogP contribution >= 0.6 is 11.6 Å². The first-order valence-electron chi connectivity index (χ1n) is 4.96. The van der Waals surface area contributed by atoms with E-state index in [0.29, 0.717) is 10.6 Å². The Morgan fingerprint density at radius 1 is 1.12 bits per heavy atom. The Morgan fingerprint density at radius 2 is 1.81 bits per heavy atom. The maximum atomic E-state index is 10.6. The van der Waals surface area contributed by atoms with E-state index >= 15 is 0 Å². The summed E-state index contributed by atoms with van der Waals surface area (Å²) < 4.78 is 0. The van der Waals surface area contributed by atoms with Crippen molar-refractivity contribution in [3.8, 4) is 11.1 Å². The third kappa shape index (κ3) is 2.00. The van der Waals surface area contributed by atoms with Gasteiger partial charge in [0.15, 0.2) is 0 Å². The zero-order valence-corrected chi connectivity index (χ0v) is 9.58. The largest absolute Gasteiger partial charge is 0.285 e. The van der Waals surface area contributed by atoms with Gasteiger partial charge < -0.3 is 0 Å². The molecule has 0 amide bonds. The Labute approximate surface area is 99.7 Å². The first-order chi connectivity index (χ1) is 7.72. The molecule has 0 aromatic heterocycles. The predicted molar refractivity (Wildman–Crippen MR) is 66.4 cm³/mol. The molecule has 0 saturated carbocycles. The van der Waals surface area contributed by atoms with E-state index in [2.05, 4.69) is 0 Å². The standard InChI is InChI=1S/C14H10ClO/c1-10-7-13(11-5-3-2-4-6-11)14(15)8-12(10)9-16/h2-8H,1H3. The van der Waals surface area contributed by atoms with E-state index in [0.717, 1.165) is 16.7 Å². The summed E-state index contributed by atoms with van der Waals surface area (Å²) in [6.07, 6.45) is 1.88. The fourth-order valence-electron chi connectivity index (χ4n) is 1.63. The summed E-state index contributed by atoms with van der Waals surface area (Å²) in [5.74, 6) is 0. The van der Waals surface area contributed by atoms with Crippen LogP contribution in [0.1, 0.15) is 11.1 Å². The highest BCUT2D eigenvalue weighted by molar-refractivity contribution is 6.33. The molecule has 2 aromatic rings. The van der Waals surface area contributed by atoms with E-state index < -0.39 is 0 Å². The van der Waals surface area contributed by atoms with Crippen molar-refractivity contribution >= 4 is 17.9 Å². The van der Waals surface area contributed by atoms with E-state index in [9.17, 15) is 4.79 Å². The number of rotatable bonds is 2. The van der Waals surface area contributed by atoms with Crippen molar-refractivity contribution < 1.29 is 4.79 Å². The summed E-state index contributed by atoms with van der Waals surface area (Å²) in [6.45, 7) is 1.88. The topological polar surface area (TPSA) is 17.1 Å². The average Bonchev–Trinajstić information content (AvgIpc) is 2.32. The predicted octanol–water partition coefficient (Wildman–Crippen LogP) is 3.77. The minimum Gasteiger partial charge on any atom is -0.285 e. The number of hydrogen-bond donors (Lipinski definition) is 0. The molecular weight excluding hydrogens is 220 g/mol. The Balaban J connectivity index is 2.59. The smallest absolute Gasteiger partial charge is 0.233 e. The third-order valence-electron chi connectivity index (χ3n) is 2.51. The molecule has 0 unspecified atom stereocenters. The monoisotopic (exact) mass is 229 g/mol. The van der Waals surface area contributed by atoms with Crippen molar-refractivity contribution in [3.05, 3.63) is 58.6 Å². The fourth-order valence-corrected chi connectivity index (χ4v) is 1.90. The van der Waals surface area contributed by atoms with Crippen LogP contribution in [0.25, 0.3) is 11.1 Å². The highest BCUT2D eigenvalue weighted by atomic mass is 35.5. The van der Waals surface area contributed by atoms with Gasteiger partial charge in [-0.2, -0.15) is 0 Å². The molecule has 0 heterocycles. The van der Waals surface area contributed by atoms with Gasteiger partial charge in [-0.3, -0.25) is 4.79 Å². The van der Waals surface area contributed by atoms with Crippen molar-refractivity contribution in [2.45, 2.75) is 6.92 Å². The van der Waals surface area contributed by atoms with Gasteiger partial charge in [0.05, 0.1) is 0 Å². The number of halogens is 1. The number of benzene rings is 2. The summed E-state index contributed by atoms with van der Waals surface area (Å²) in [5, 5.41) is 0.579. The van der Waals surface area contributed by atoms with Crippen LogP contribution in [-0.2, 0) is 4.79 Å². The third-order valence-corrected chi connectivity index (χ3v) is 2.82. The molecule has 1 nitrogen and oxygen atoms in total. The summed E-state index contributed by atoms with van der Waals surface area (Å²) >= 11 is 6.14. The SMILES string of the molecule is Cc1cc(-c2ccccc2)c(Cl)cc1[C]=O. The van der Waals surface area contributed by atoms with E-state index in [1.165, 1.54) is 0 Å². The van der Waals surface area contributed by atoms with Crippen LogP contribution in [0.4, 0.5) is 0 Å². The first kappa shape index (κ1) is 10.9. The fraction of sp³-hybridized carbons (Fsp3) is 0.0714. The maximum Gasteiger partial charge on any atom is 0.233 e. The molecule has 0 aliphatic rings. The number of carbonyl (C=O) groups excluding carboxylic acids is 1. The second-order valence-electron chi connectivity index (χ2n) is 3.62. The lowest BCUT2D eigenvalue weighted by atomic mass is 10.0. The van der Waals surface area contributed by atoms with E-state index in [-0.39, 0.29) is 0 Å². The highest BCUT2D eigenvalue weighted by Crippen LogP contribution is 2.29. The second kappa shape index (κ2) is 4.50. The van der Waals surface area contributed by atoms with Gasteiger partial charge in [0.2, 0.25) is 6.29 Å². The highest BCUT2D eigenvalue weighted by Gasteiger charge is 2.07. The van der Waals surface area contributed by atoms with Crippen LogP contribution in [0.2, 0.25) is 5.02 Å². The minimum absolute atomic E-state index is 0.518. The molecule has 2 aromatic carbocycles. The molecule has 16 heavy (non-hydrogen) atoms. The van der Waals surface area contributed by atoms with Gasteiger partial charge >= 0.3 is 0 Å². The molecule has 0 saturated heterocycles. The summed E-state index contributed by atoms with van der Waals surface area (Å²) in [6, 6.07) is 13.4. The van der Waals surface area contributed by atoms with Gasteiger partial charge in [0.1, 0.15) is 0 Å². The molecule has 1 radical (unpaired) electrons. The summed E-state index contributed by atoms with van der Waals surface area (Å²) in [5.41, 5.74) is 3.40. The molecule has 0 N–H and O–H groups in total. The van der Waals surface area contributed by atoms with Crippen molar-refractivity contribution in [2.24, 2.45) is 0 Å². The molecule has 2 rings (SSSR count).